The van der Waals surface area contributed by atoms with E-state index in [0.29, 0.717) is 4.88 Å². The highest BCUT2D eigenvalue weighted by Gasteiger charge is 2.47. The second-order valence-electron chi connectivity index (χ2n) is 2.66. The van der Waals surface area contributed by atoms with E-state index >= 15 is 0 Å². The van der Waals surface area contributed by atoms with Crippen LogP contribution in [0.25, 0.3) is 0 Å². The van der Waals surface area contributed by atoms with Gasteiger partial charge in [-0.2, -0.15) is 5.43 Å². The van der Waals surface area contributed by atoms with Gasteiger partial charge in [-0.15, -0.1) is 11.3 Å². The second kappa shape index (κ2) is 3.19. The van der Waals surface area contributed by atoms with Crippen LogP contribution in [0.5, 0.6) is 0 Å². The minimum absolute atomic E-state index is 0.109. The van der Waals surface area contributed by atoms with Gasteiger partial charge in [-0.3, -0.25) is 10.2 Å². The minimum atomic E-state index is -1.36. The maximum atomic E-state index is 11.3. The largest absolute Gasteiger partial charge is 0.432 e. The highest BCUT2D eigenvalue weighted by atomic mass is 32.1. The zero-order valence-electron chi connectivity index (χ0n) is 6.94. The third kappa shape index (κ3) is 1.26. The van der Waals surface area contributed by atoms with Gasteiger partial charge in [0.2, 0.25) is 0 Å². The third-order valence-corrected chi connectivity index (χ3v) is 2.96. The molecule has 0 bridgehead atoms. The minimum Gasteiger partial charge on any atom is -0.432 e. The molecule has 14 heavy (non-hydrogen) atoms. The summed E-state index contributed by atoms with van der Waals surface area (Å²) >= 11 is 6.12. The molecule has 0 aromatic carbocycles. The fourth-order valence-corrected chi connectivity index (χ4v) is 2.15. The number of hydrogen-bond donors (Lipinski definition) is 3. The van der Waals surface area contributed by atoms with E-state index in [4.69, 9.17) is 22.7 Å². The van der Waals surface area contributed by atoms with E-state index in [9.17, 15) is 4.79 Å². The average Bonchev–Trinajstić information content (AvgIpc) is 2.71. The standard InChI is InChI=1S/C7H7N3O2S2/c8-5(11)7(4-2-1-3-14-4)10-9-6(13)12-7/h1-3,10H,(H2,8,11)(H,9,13). The first kappa shape index (κ1) is 9.38. The van der Waals surface area contributed by atoms with E-state index in [0.717, 1.165) is 0 Å². The van der Waals surface area contributed by atoms with Crippen molar-refractivity contribution in [2.75, 3.05) is 0 Å². The molecule has 1 saturated heterocycles. The molecule has 1 aliphatic rings. The normalized spacial score (nSPS) is 25.6. The van der Waals surface area contributed by atoms with E-state index in [1.54, 1.807) is 12.1 Å². The molecule has 7 heteroatoms. The Balaban J connectivity index is 2.42. The van der Waals surface area contributed by atoms with Crippen molar-refractivity contribution < 1.29 is 9.53 Å². The highest BCUT2D eigenvalue weighted by Crippen LogP contribution is 2.28. The summed E-state index contributed by atoms with van der Waals surface area (Å²) in [6.07, 6.45) is 0. The number of rotatable bonds is 2. The fourth-order valence-electron chi connectivity index (χ4n) is 1.15. The zero-order valence-corrected chi connectivity index (χ0v) is 8.58. The van der Waals surface area contributed by atoms with Crippen LogP contribution in [0.15, 0.2) is 17.5 Å². The lowest BCUT2D eigenvalue weighted by Gasteiger charge is -2.21. The predicted octanol–water partition coefficient (Wildman–Crippen LogP) is -0.205. The number of amides is 1. The lowest BCUT2D eigenvalue weighted by molar-refractivity contribution is -0.135. The van der Waals surface area contributed by atoms with Gasteiger partial charge in [0.1, 0.15) is 0 Å². The quantitative estimate of drug-likeness (QED) is 0.612. The smallest absolute Gasteiger partial charge is 0.293 e. The molecule has 1 fully saturated rings. The Morgan fingerprint density at radius 3 is 2.93 bits per heavy atom. The van der Waals surface area contributed by atoms with Crippen molar-refractivity contribution in [3.63, 3.8) is 0 Å². The van der Waals surface area contributed by atoms with E-state index in [1.807, 2.05) is 5.38 Å². The number of thiophene rings is 1. The Morgan fingerprint density at radius 2 is 2.50 bits per heavy atom. The van der Waals surface area contributed by atoms with Gasteiger partial charge in [0.15, 0.2) is 0 Å². The second-order valence-corrected chi connectivity index (χ2v) is 3.98. The molecule has 1 aromatic rings. The summed E-state index contributed by atoms with van der Waals surface area (Å²) in [5.74, 6) is -0.632. The van der Waals surface area contributed by atoms with Crippen LogP contribution in [0.2, 0.25) is 0 Å². The van der Waals surface area contributed by atoms with Crippen LogP contribution in [-0.2, 0) is 15.3 Å². The van der Waals surface area contributed by atoms with Gasteiger partial charge in [-0.1, -0.05) is 6.07 Å². The monoisotopic (exact) mass is 229 g/mol. The van der Waals surface area contributed by atoms with Crippen molar-refractivity contribution >= 4 is 34.6 Å². The first-order valence-corrected chi connectivity index (χ1v) is 5.04. The van der Waals surface area contributed by atoms with Crippen LogP contribution in [0, 0.1) is 0 Å². The molecule has 2 rings (SSSR count). The van der Waals surface area contributed by atoms with E-state index in [2.05, 4.69) is 10.9 Å². The number of hydrogen-bond acceptors (Lipinski definition) is 5. The van der Waals surface area contributed by atoms with Crippen LogP contribution >= 0.6 is 23.6 Å². The SMILES string of the molecule is NC(=O)C1(c2cccs2)NNC(=S)O1. The molecular formula is C7H7N3O2S2. The topological polar surface area (TPSA) is 76.4 Å². The number of carbonyl (C=O) groups is 1. The van der Waals surface area contributed by atoms with Crippen molar-refractivity contribution in [2.24, 2.45) is 5.73 Å². The number of carbonyl (C=O) groups excluding carboxylic acids is 1. The van der Waals surface area contributed by atoms with Gasteiger partial charge in [0, 0.05) is 0 Å². The number of ether oxygens (including phenoxy) is 1. The van der Waals surface area contributed by atoms with E-state index in [-0.39, 0.29) is 5.17 Å². The maximum absolute atomic E-state index is 11.3. The number of thiocarbonyl (C=S) groups is 1. The van der Waals surface area contributed by atoms with E-state index in [1.165, 1.54) is 11.3 Å². The predicted molar refractivity (Wildman–Crippen MR) is 55.1 cm³/mol. The Hall–Kier alpha value is -1.18. The molecule has 0 saturated carbocycles. The first-order chi connectivity index (χ1) is 6.65. The first-order valence-electron chi connectivity index (χ1n) is 3.75. The van der Waals surface area contributed by atoms with Crippen molar-refractivity contribution in [3.05, 3.63) is 22.4 Å². The van der Waals surface area contributed by atoms with Crippen LogP contribution in [0.4, 0.5) is 0 Å². The molecule has 74 valence electrons. The molecule has 1 amide bonds. The number of hydrazine groups is 1. The van der Waals surface area contributed by atoms with E-state index < -0.39 is 11.6 Å². The molecule has 1 atom stereocenters. The average molecular weight is 229 g/mol. The lowest BCUT2D eigenvalue weighted by Crippen LogP contribution is -2.51. The van der Waals surface area contributed by atoms with Crippen molar-refractivity contribution in [2.45, 2.75) is 5.72 Å². The van der Waals surface area contributed by atoms with Crippen molar-refractivity contribution in [1.82, 2.24) is 10.9 Å². The molecular weight excluding hydrogens is 222 g/mol. The number of nitrogens with one attached hydrogen (secondary N) is 2. The van der Waals surface area contributed by atoms with Gasteiger partial charge in [-0.05, 0) is 23.7 Å². The zero-order chi connectivity index (χ0) is 10.2. The van der Waals surface area contributed by atoms with Crippen LogP contribution in [0.3, 0.4) is 0 Å². The van der Waals surface area contributed by atoms with Gasteiger partial charge in [0.25, 0.3) is 16.8 Å². The molecule has 0 aliphatic carbocycles. The lowest BCUT2D eigenvalue weighted by atomic mass is 10.2. The maximum Gasteiger partial charge on any atom is 0.293 e. The molecule has 1 aliphatic heterocycles. The van der Waals surface area contributed by atoms with Crippen LogP contribution < -0.4 is 16.6 Å². The molecule has 4 N–H and O–H groups in total. The Bertz CT molecular complexity index is 378. The molecule has 0 spiro atoms. The molecule has 2 heterocycles. The summed E-state index contributed by atoms with van der Waals surface area (Å²) in [5.41, 5.74) is 9.10. The number of nitrogens with two attached hydrogens (primary N) is 1. The molecule has 5 nitrogen and oxygen atoms in total. The summed E-state index contributed by atoms with van der Waals surface area (Å²) in [7, 11) is 0. The summed E-state index contributed by atoms with van der Waals surface area (Å²) in [6.45, 7) is 0. The fraction of sp³-hybridized carbons (Fsp3) is 0.143. The summed E-state index contributed by atoms with van der Waals surface area (Å²) in [4.78, 5) is 12.0. The summed E-state index contributed by atoms with van der Waals surface area (Å²) < 4.78 is 5.20. The molecule has 0 radical (unpaired) electrons. The highest BCUT2D eigenvalue weighted by molar-refractivity contribution is 7.80. The Kier molecular flexibility index (Phi) is 2.14. The molecule has 1 aromatic heterocycles. The van der Waals surface area contributed by atoms with Crippen molar-refractivity contribution in [3.8, 4) is 0 Å². The molecule has 1 unspecified atom stereocenters. The van der Waals surface area contributed by atoms with Crippen LogP contribution in [0.1, 0.15) is 4.88 Å². The van der Waals surface area contributed by atoms with Gasteiger partial charge < -0.3 is 10.5 Å². The van der Waals surface area contributed by atoms with Gasteiger partial charge >= 0.3 is 0 Å². The number of primary amides is 1. The summed E-state index contributed by atoms with van der Waals surface area (Å²) in [5, 5.41) is 1.93. The van der Waals surface area contributed by atoms with Gasteiger partial charge in [-0.25, -0.2) is 0 Å². The van der Waals surface area contributed by atoms with Crippen molar-refractivity contribution in [1.29, 1.82) is 0 Å². The summed E-state index contributed by atoms with van der Waals surface area (Å²) in [6, 6.07) is 3.55. The van der Waals surface area contributed by atoms with Gasteiger partial charge in [0.05, 0.1) is 4.88 Å². The third-order valence-electron chi connectivity index (χ3n) is 1.80. The van der Waals surface area contributed by atoms with Crippen LogP contribution in [-0.4, -0.2) is 11.1 Å². The Labute approximate surface area is 89.2 Å². The Morgan fingerprint density at radius 1 is 1.71 bits per heavy atom.